The summed E-state index contributed by atoms with van der Waals surface area (Å²) in [5.74, 6) is 0.351. The van der Waals surface area contributed by atoms with Crippen molar-refractivity contribution in [3.8, 4) is 0 Å². The molecule has 98 valence electrons. The lowest BCUT2D eigenvalue weighted by molar-refractivity contribution is -0.108. The summed E-state index contributed by atoms with van der Waals surface area (Å²) in [6.45, 7) is 6.37. The molecule has 1 aliphatic heterocycles. The Morgan fingerprint density at radius 2 is 2.24 bits per heavy atom. The lowest BCUT2D eigenvalue weighted by atomic mass is 9.82. The highest BCUT2D eigenvalue weighted by atomic mass is 16.7. The molecule has 2 N–H and O–H groups in total. The van der Waals surface area contributed by atoms with Crippen LogP contribution in [0, 0.1) is 5.92 Å². The van der Waals surface area contributed by atoms with Gasteiger partial charge in [0.05, 0.1) is 0 Å². The van der Waals surface area contributed by atoms with E-state index in [1.165, 1.54) is 6.42 Å². The van der Waals surface area contributed by atoms with E-state index >= 15 is 0 Å². The molecule has 2 atom stereocenters. The number of rotatable bonds is 1. The Hall–Kier alpha value is -0.810. The summed E-state index contributed by atoms with van der Waals surface area (Å²) in [6, 6.07) is 0. The monoisotopic (exact) mass is 242 g/mol. The first kappa shape index (κ1) is 12.6. The standard InChI is InChI=1S/C12H22N2O3/c1-11(2,3)16-10(15)14-12-7-5-4-6-9(12)8-13-17-12/h9,13H,4-8H2,1-3H3,(H,14,15)/t9-,12-/m0/s1. The number of hydrogen-bond acceptors (Lipinski definition) is 4. The Bertz CT molecular complexity index is 301. The molecular formula is C12H22N2O3. The van der Waals surface area contributed by atoms with E-state index in [1.807, 2.05) is 20.8 Å². The van der Waals surface area contributed by atoms with Gasteiger partial charge >= 0.3 is 6.09 Å². The number of nitrogens with one attached hydrogen (secondary N) is 2. The first-order valence-electron chi connectivity index (χ1n) is 6.33. The summed E-state index contributed by atoms with van der Waals surface area (Å²) < 4.78 is 5.29. The molecule has 2 rings (SSSR count). The quantitative estimate of drug-likeness (QED) is 0.737. The Morgan fingerprint density at radius 3 is 2.94 bits per heavy atom. The maximum atomic E-state index is 11.8. The van der Waals surface area contributed by atoms with Crippen molar-refractivity contribution in [3.05, 3.63) is 0 Å². The second kappa shape index (κ2) is 4.46. The molecule has 1 heterocycles. The van der Waals surface area contributed by atoms with Crippen LogP contribution >= 0.6 is 0 Å². The van der Waals surface area contributed by atoms with Crippen molar-refractivity contribution < 1.29 is 14.4 Å². The van der Waals surface area contributed by atoms with Crippen molar-refractivity contribution in [2.24, 2.45) is 5.92 Å². The molecule has 0 bridgehead atoms. The fraction of sp³-hybridized carbons (Fsp3) is 0.917. The van der Waals surface area contributed by atoms with Gasteiger partial charge in [-0.05, 0) is 40.0 Å². The number of hydrogen-bond donors (Lipinski definition) is 2. The molecule has 0 aromatic carbocycles. The zero-order chi connectivity index (χ0) is 12.5. The second-order valence-electron chi connectivity index (χ2n) is 5.91. The van der Waals surface area contributed by atoms with Gasteiger partial charge in [-0.2, -0.15) is 5.48 Å². The van der Waals surface area contributed by atoms with Crippen molar-refractivity contribution in [1.29, 1.82) is 0 Å². The molecule has 0 unspecified atom stereocenters. The Morgan fingerprint density at radius 1 is 1.47 bits per heavy atom. The van der Waals surface area contributed by atoms with E-state index < -0.39 is 17.4 Å². The predicted octanol–water partition coefficient (Wildman–Crippen LogP) is 1.93. The maximum Gasteiger partial charge on any atom is 0.409 e. The molecule has 17 heavy (non-hydrogen) atoms. The van der Waals surface area contributed by atoms with Crippen LogP contribution in [0.15, 0.2) is 0 Å². The smallest absolute Gasteiger partial charge is 0.409 e. The van der Waals surface area contributed by atoms with Crippen LogP contribution in [0.4, 0.5) is 4.79 Å². The van der Waals surface area contributed by atoms with Gasteiger partial charge in [0.2, 0.25) is 0 Å². The van der Waals surface area contributed by atoms with Gasteiger partial charge in [0.1, 0.15) is 5.60 Å². The topological polar surface area (TPSA) is 59.6 Å². The average Bonchev–Trinajstić information content (AvgIpc) is 2.57. The highest BCUT2D eigenvalue weighted by molar-refractivity contribution is 5.68. The fourth-order valence-corrected chi connectivity index (χ4v) is 2.55. The molecule has 0 radical (unpaired) electrons. The van der Waals surface area contributed by atoms with Gasteiger partial charge in [0, 0.05) is 12.5 Å². The molecule has 5 nitrogen and oxygen atoms in total. The highest BCUT2D eigenvalue weighted by Crippen LogP contribution is 2.37. The van der Waals surface area contributed by atoms with Crippen molar-refractivity contribution >= 4 is 6.09 Å². The summed E-state index contributed by atoms with van der Waals surface area (Å²) >= 11 is 0. The van der Waals surface area contributed by atoms with Gasteiger partial charge in [0.25, 0.3) is 0 Å². The molecular weight excluding hydrogens is 220 g/mol. The van der Waals surface area contributed by atoms with Gasteiger partial charge in [0.15, 0.2) is 5.72 Å². The van der Waals surface area contributed by atoms with Crippen molar-refractivity contribution in [3.63, 3.8) is 0 Å². The van der Waals surface area contributed by atoms with Gasteiger partial charge < -0.3 is 4.74 Å². The van der Waals surface area contributed by atoms with E-state index in [-0.39, 0.29) is 0 Å². The fourth-order valence-electron chi connectivity index (χ4n) is 2.55. The van der Waals surface area contributed by atoms with Crippen molar-refractivity contribution in [1.82, 2.24) is 10.8 Å². The molecule has 1 aliphatic carbocycles. The number of alkyl carbamates (subject to hydrolysis) is 1. The predicted molar refractivity (Wildman–Crippen MR) is 63.1 cm³/mol. The SMILES string of the molecule is CC(C)(C)OC(=O)N[C@]12CCCC[C@H]1CNO2. The van der Waals surface area contributed by atoms with Crippen LogP contribution in [0.3, 0.4) is 0 Å². The van der Waals surface area contributed by atoms with Crippen LogP contribution in [0.25, 0.3) is 0 Å². The summed E-state index contributed by atoms with van der Waals surface area (Å²) in [6.07, 6.45) is 3.82. The van der Waals surface area contributed by atoms with E-state index in [2.05, 4.69) is 10.8 Å². The minimum atomic E-state index is -0.555. The third-order valence-electron chi connectivity index (χ3n) is 3.31. The lowest BCUT2D eigenvalue weighted by Gasteiger charge is -2.37. The number of ether oxygens (including phenoxy) is 1. The van der Waals surface area contributed by atoms with E-state index in [0.29, 0.717) is 5.92 Å². The van der Waals surface area contributed by atoms with Gasteiger partial charge in [-0.15, -0.1) is 0 Å². The van der Waals surface area contributed by atoms with Crippen LogP contribution in [-0.4, -0.2) is 24.0 Å². The van der Waals surface area contributed by atoms with Crippen molar-refractivity contribution in [2.45, 2.75) is 57.8 Å². The molecule has 0 spiro atoms. The zero-order valence-corrected chi connectivity index (χ0v) is 10.8. The summed E-state index contributed by atoms with van der Waals surface area (Å²) in [4.78, 5) is 17.4. The molecule has 2 aliphatic rings. The second-order valence-corrected chi connectivity index (χ2v) is 5.91. The van der Waals surface area contributed by atoms with Gasteiger partial charge in [-0.1, -0.05) is 6.42 Å². The lowest BCUT2D eigenvalue weighted by Crippen LogP contribution is -2.55. The largest absolute Gasteiger partial charge is 0.444 e. The normalized spacial score (nSPS) is 33.0. The Labute approximate surface area is 102 Å². The molecule has 1 saturated carbocycles. The van der Waals surface area contributed by atoms with E-state index in [0.717, 1.165) is 25.8 Å². The molecule has 1 saturated heterocycles. The average molecular weight is 242 g/mol. The third kappa shape index (κ3) is 2.90. The van der Waals surface area contributed by atoms with E-state index in [1.54, 1.807) is 0 Å². The first-order chi connectivity index (χ1) is 7.91. The molecule has 2 fully saturated rings. The summed E-state index contributed by atoms with van der Waals surface area (Å²) in [7, 11) is 0. The summed E-state index contributed by atoms with van der Waals surface area (Å²) in [5.41, 5.74) is 1.87. The van der Waals surface area contributed by atoms with E-state index in [9.17, 15) is 4.79 Å². The third-order valence-corrected chi connectivity index (χ3v) is 3.31. The maximum absolute atomic E-state index is 11.8. The van der Waals surface area contributed by atoms with Gasteiger partial charge in [-0.3, -0.25) is 10.2 Å². The minimum Gasteiger partial charge on any atom is -0.444 e. The number of hydroxylamine groups is 1. The number of amides is 1. The molecule has 5 heteroatoms. The summed E-state index contributed by atoms with van der Waals surface area (Å²) in [5, 5.41) is 2.90. The number of carbonyl (C=O) groups is 1. The minimum absolute atomic E-state index is 0.351. The van der Waals surface area contributed by atoms with Gasteiger partial charge in [-0.25, -0.2) is 4.79 Å². The van der Waals surface area contributed by atoms with Crippen LogP contribution in [0.1, 0.15) is 46.5 Å². The highest BCUT2D eigenvalue weighted by Gasteiger charge is 2.48. The molecule has 0 aromatic rings. The molecule has 0 aromatic heterocycles. The van der Waals surface area contributed by atoms with Crippen LogP contribution in [0.2, 0.25) is 0 Å². The number of fused-ring (bicyclic) bond motifs is 1. The number of carbonyl (C=O) groups excluding carboxylic acids is 1. The Kier molecular flexibility index (Phi) is 3.32. The first-order valence-corrected chi connectivity index (χ1v) is 6.33. The van der Waals surface area contributed by atoms with Crippen LogP contribution in [-0.2, 0) is 9.57 Å². The molecule has 1 amide bonds. The van der Waals surface area contributed by atoms with Crippen LogP contribution in [0.5, 0.6) is 0 Å². The van der Waals surface area contributed by atoms with E-state index in [4.69, 9.17) is 9.57 Å². The zero-order valence-electron chi connectivity index (χ0n) is 10.8. The Balaban J connectivity index is 1.98. The van der Waals surface area contributed by atoms with Crippen molar-refractivity contribution in [2.75, 3.05) is 6.54 Å². The van der Waals surface area contributed by atoms with Crippen LogP contribution < -0.4 is 10.8 Å².